The summed E-state index contributed by atoms with van der Waals surface area (Å²) in [4.78, 5) is 0. The Hall–Kier alpha value is -3.12. The standard InChI is InChI=1S/C22H23N4OS.CH4O4S/c1-4-25-15-19(27-3)28-22(25)24-23-20-17-13-9-10-14-18(17)26(5-2)21(20)16-11-7-6-8-12-16;1-5-6(2,3)4/h6-15H,4-5H2,1-3H3;1H3,(H,2,3,4)/q+1;/p-1. The fourth-order valence-electron chi connectivity index (χ4n) is 3.45. The van der Waals surface area contributed by atoms with Gasteiger partial charge >= 0.3 is 5.13 Å². The summed E-state index contributed by atoms with van der Waals surface area (Å²) in [5.74, 6) is 0. The fourth-order valence-corrected chi connectivity index (χ4v) is 4.28. The van der Waals surface area contributed by atoms with Crippen LogP contribution in [0.5, 0.6) is 5.06 Å². The second kappa shape index (κ2) is 11.3. The highest BCUT2D eigenvalue weighted by molar-refractivity contribution is 7.80. The monoisotopic (exact) mass is 502 g/mol. The van der Waals surface area contributed by atoms with E-state index in [0.29, 0.717) is 0 Å². The fraction of sp³-hybridized carbons (Fsp3) is 0.261. The molecule has 0 spiro atoms. The molecule has 180 valence electrons. The van der Waals surface area contributed by atoms with Crippen molar-refractivity contribution in [3.8, 4) is 16.3 Å². The quantitative estimate of drug-likeness (QED) is 0.149. The zero-order chi connectivity index (χ0) is 24.7. The van der Waals surface area contributed by atoms with Crippen molar-refractivity contribution in [1.82, 2.24) is 4.57 Å². The van der Waals surface area contributed by atoms with Crippen molar-refractivity contribution in [2.45, 2.75) is 26.9 Å². The second-order valence-corrected chi connectivity index (χ2v) is 9.04. The lowest BCUT2D eigenvalue weighted by Gasteiger charge is -2.08. The third kappa shape index (κ3) is 5.86. The molecule has 4 rings (SSSR count). The molecule has 0 aliphatic rings. The van der Waals surface area contributed by atoms with Gasteiger partial charge in [-0.05, 0) is 36.4 Å². The summed E-state index contributed by atoms with van der Waals surface area (Å²) in [6.07, 6.45) is 1.96. The van der Waals surface area contributed by atoms with Crippen molar-refractivity contribution >= 4 is 43.5 Å². The highest BCUT2D eigenvalue weighted by Crippen LogP contribution is 2.41. The lowest BCUT2D eigenvalue weighted by Crippen LogP contribution is -2.28. The number of thiazole rings is 1. The maximum atomic E-state index is 9.22. The molecule has 0 saturated heterocycles. The molecule has 0 amide bonds. The van der Waals surface area contributed by atoms with Crippen molar-refractivity contribution in [3.05, 3.63) is 60.8 Å². The van der Waals surface area contributed by atoms with Gasteiger partial charge in [0.25, 0.3) is 0 Å². The number of aromatic nitrogens is 2. The first-order valence-corrected chi connectivity index (χ1v) is 12.6. The molecular weight excluding hydrogens is 476 g/mol. The number of rotatable bonds is 7. The predicted octanol–water partition coefficient (Wildman–Crippen LogP) is 5.21. The van der Waals surface area contributed by atoms with Crippen molar-refractivity contribution in [1.29, 1.82) is 0 Å². The number of para-hydroxylation sites is 1. The van der Waals surface area contributed by atoms with E-state index < -0.39 is 10.4 Å². The van der Waals surface area contributed by atoms with Crippen LogP contribution < -0.4 is 9.30 Å². The van der Waals surface area contributed by atoms with Crippen molar-refractivity contribution in [3.63, 3.8) is 0 Å². The van der Waals surface area contributed by atoms with Gasteiger partial charge in [0.15, 0.2) is 0 Å². The number of azo groups is 1. The Bertz CT molecular complexity index is 1380. The van der Waals surface area contributed by atoms with Crippen LogP contribution >= 0.6 is 11.3 Å². The van der Waals surface area contributed by atoms with Crippen LogP contribution in [0.4, 0.5) is 10.8 Å². The average molecular weight is 503 g/mol. The van der Waals surface area contributed by atoms with Crippen LogP contribution in [0.25, 0.3) is 22.2 Å². The van der Waals surface area contributed by atoms with Crippen LogP contribution in [0, 0.1) is 0 Å². The van der Waals surface area contributed by atoms with Gasteiger partial charge in [-0.2, -0.15) is 0 Å². The van der Waals surface area contributed by atoms with Gasteiger partial charge < -0.3 is 13.9 Å². The van der Waals surface area contributed by atoms with Crippen molar-refractivity contribution in [2.24, 2.45) is 10.2 Å². The van der Waals surface area contributed by atoms with Gasteiger partial charge in [-0.25, -0.2) is 13.0 Å². The van der Waals surface area contributed by atoms with Crippen LogP contribution in [-0.2, 0) is 27.7 Å². The minimum atomic E-state index is -4.41. The van der Waals surface area contributed by atoms with Gasteiger partial charge in [-0.1, -0.05) is 48.5 Å². The molecule has 0 atom stereocenters. The van der Waals surface area contributed by atoms with Crippen LogP contribution in [0.2, 0.25) is 0 Å². The molecule has 0 fully saturated rings. The first kappa shape index (κ1) is 25.5. The smallest absolute Gasteiger partial charge is 0.411 e. The molecule has 2 heterocycles. The molecule has 4 aromatic rings. The van der Waals surface area contributed by atoms with E-state index in [0.717, 1.165) is 52.7 Å². The summed E-state index contributed by atoms with van der Waals surface area (Å²) in [5, 5.41) is 12.1. The molecule has 11 heteroatoms. The molecule has 0 saturated carbocycles. The van der Waals surface area contributed by atoms with Gasteiger partial charge in [0.2, 0.25) is 15.5 Å². The summed E-state index contributed by atoms with van der Waals surface area (Å²) in [5.41, 5.74) is 4.31. The van der Waals surface area contributed by atoms with Crippen LogP contribution in [-0.4, -0.2) is 31.8 Å². The van der Waals surface area contributed by atoms with E-state index in [9.17, 15) is 13.0 Å². The molecule has 34 heavy (non-hydrogen) atoms. The average Bonchev–Trinajstić information content (AvgIpc) is 3.41. The van der Waals surface area contributed by atoms with Crippen LogP contribution in [0.3, 0.4) is 0 Å². The minimum Gasteiger partial charge on any atom is -0.726 e. The molecular formula is C23H26N4O5S2. The highest BCUT2D eigenvalue weighted by atomic mass is 32.3. The largest absolute Gasteiger partial charge is 0.726 e. The van der Waals surface area contributed by atoms with Crippen LogP contribution in [0.1, 0.15) is 13.8 Å². The summed E-state index contributed by atoms with van der Waals surface area (Å²) in [6.45, 7) is 5.93. The third-order valence-electron chi connectivity index (χ3n) is 4.99. The zero-order valence-corrected chi connectivity index (χ0v) is 21.0. The van der Waals surface area contributed by atoms with Crippen LogP contribution in [0.15, 0.2) is 71.0 Å². The van der Waals surface area contributed by atoms with Crippen molar-refractivity contribution in [2.75, 3.05) is 14.2 Å². The Morgan fingerprint density at radius 3 is 2.26 bits per heavy atom. The number of fused-ring (bicyclic) bond motifs is 1. The van der Waals surface area contributed by atoms with E-state index in [4.69, 9.17) is 9.85 Å². The molecule has 9 nitrogen and oxygen atoms in total. The molecule has 2 aromatic carbocycles. The molecule has 0 radical (unpaired) electrons. The van der Waals surface area contributed by atoms with Gasteiger partial charge in [0.1, 0.15) is 11.9 Å². The van der Waals surface area contributed by atoms with Crippen molar-refractivity contribution < 1.29 is 26.5 Å². The topological polar surface area (TPSA) is 109 Å². The van der Waals surface area contributed by atoms with Gasteiger partial charge in [-0.15, -0.1) is 0 Å². The van der Waals surface area contributed by atoms with Gasteiger partial charge in [-0.3, -0.25) is 4.18 Å². The van der Waals surface area contributed by atoms with E-state index in [1.807, 2.05) is 16.8 Å². The Kier molecular flexibility index (Phi) is 8.51. The molecule has 0 unspecified atom stereocenters. The number of benzene rings is 2. The Morgan fingerprint density at radius 2 is 1.68 bits per heavy atom. The SMILES string of the molecule is CCn1c(-c2ccccc2)c(N=Nc2sc(OC)c[n+]2CC)c2ccccc21.COS(=O)(=O)[O-]. The predicted molar refractivity (Wildman–Crippen MR) is 131 cm³/mol. The summed E-state index contributed by atoms with van der Waals surface area (Å²) in [6, 6.07) is 18.8. The Balaban J connectivity index is 0.000000481. The van der Waals surface area contributed by atoms with E-state index in [-0.39, 0.29) is 0 Å². The second-order valence-electron chi connectivity index (χ2n) is 6.92. The third-order valence-corrected chi connectivity index (χ3v) is 6.37. The summed E-state index contributed by atoms with van der Waals surface area (Å²) in [7, 11) is -1.93. The normalized spacial score (nSPS) is 11.6. The Morgan fingerprint density at radius 1 is 1.03 bits per heavy atom. The Labute approximate surface area is 202 Å². The van der Waals surface area contributed by atoms with Gasteiger partial charge in [0, 0.05) is 17.5 Å². The number of aryl methyl sites for hydroxylation is 2. The number of methoxy groups -OCH3 is 1. The molecule has 0 bridgehead atoms. The molecule has 0 aliphatic carbocycles. The molecule has 0 aliphatic heterocycles. The number of hydrogen-bond acceptors (Lipinski definition) is 8. The number of ether oxygens (including phenoxy) is 1. The number of nitrogens with zero attached hydrogens (tertiary/aromatic N) is 4. The lowest BCUT2D eigenvalue weighted by molar-refractivity contribution is -0.677. The first-order chi connectivity index (χ1) is 16.3. The highest BCUT2D eigenvalue weighted by Gasteiger charge is 2.21. The minimum absolute atomic E-state index is 0.808. The molecule has 0 N–H and O–H groups in total. The number of hydrogen-bond donors (Lipinski definition) is 0. The van der Waals surface area contributed by atoms with E-state index in [1.54, 1.807) is 7.11 Å². The first-order valence-electron chi connectivity index (χ1n) is 10.5. The maximum absolute atomic E-state index is 9.22. The van der Waals surface area contributed by atoms with E-state index in [2.05, 4.69) is 76.2 Å². The summed E-state index contributed by atoms with van der Waals surface area (Å²) < 4.78 is 40.7. The maximum Gasteiger partial charge on any atom is 0.411 e. The van der Waals surface area contributed by atoms with E-state index >= 15 is 0 Å². The zero-order valence-electron chi connectivity index (χ0n) is 19.3. The van der Waals surface area contributed by atoms with Gasteiger partial charge in [0.05, 0.1) is 37.1 Å². The summed E-state index contributed by atoms with van der Waals surface area (Å²) >= 11 is 1.50. The lowest BCUT2D eigenvalue weighted by atomic mass is 10.1. The molecule has 2 aromatic heterocycles. The van der Waals surface area contributed by atoms with E-state index in [1.165, 1.54) is 16.9 Å².